The summed E-state index contributed by atoms with van der Waals surface area (Å²) in [5.74, 6) is -1.90. The standard InChI is InChI=1S/C13H11FO4/c1-7(13(16)17)6-18-11-5-3-8-9(12(11)14)2-4-10(8)15/h3,5H,1-2,4,6H2,(H,16,17). The van der Waals surface area contributed by atoms with Gasteiger partial charge in [0.1, 0.15) is 6.61 Å². The van der Waals surface area contributed by atoms with Crippen molar-refractivity contribution in [1.82, 2.24) is 0 Å². The minimum Gasteiger partial charge on any atom is -0.486 e. The Morgan fingerprint density at radius 2 is 2.17 bits per heavy atom. The quantitative estimate of drug-likeness (QED) is 0.830. The summed E-state index contributed by atoms with van der Waals surface area (Å²) in [6.45, 7) is 2.99. The summed E-state index contributed by atoms with van der Waals surface area (Å²) in [4.78, 5) is 21.9. The van der Waals surface area contributed by atoms with Crippen molar-refractivity contribution in [3.63, 3.8) is 0 Å². The van der Waals surface area contributed by atoms with Crippen LogP contribution in [0.5, 0.6) is 5.75 Å². The van der Waals surface area contributed by atoms with E-state index in [1.54, 1.807) is 0 Å². The third kappa shape index (κ3) is 2.11. The number of fused-ring (bicyclic) bond motifs is 1. The van der Waals surface area contributed by atoms with Crippen LogP contribution in [0.2, 0.25) is 0 Å². The molecule has 0 bridgehead atoms. The number of carboxylic acid groups (broad SMARTS) is 1. The second-order valence-corrected chi connectivity index (χ2v) is 4.02. The van der Waals surface area contributed by atoms with E-state index in [0.717, 1.165) is 0 Å². The Kier molecular flexibility index (Phi) is 3.14. The van der Waals surface area contributed by atoms with Crippen molar-refractivity contribution in [2.75, 3.05) is 6.61 Å². The van der Waals surface area contributed by atoms with Crippen molar-refractivity contribution >= 4 is 11.8 Å². The van der Waals surface area contributed by atoms with E-state index in [4.69, 9.17) is 9.84 Å². The molecule has 1 aliphatic carbocycles. The number of rotatable bonds is 4. The van der Waals surface area contributed by atoms with E-state index in [1.807, 2.05) is 0 Å². The summed E-state index contributed by atoms with van der Waals surface area (Å²) in [6, 6.07) is 2.85. The first-order valence-corrected chi connectivity index (χ1v) is 5.39. The van der Waals surface area contributed by atoms with Gasteiger partial charge in [0.25, 0.3) is 0 Å². The van der Waals surface area contributed by atoms with E-state index in [-0.39, 0.29) is 23.7 Å². The topological polar surface area (TPSA) is 63.6 Å². The summed E-state index contributed by atoms with van der Waals surface area (Å²) < 4.78 is 19.0. The van der Waals surface area contributed by atoms with Crippen molar-refractivity contribution in [3.05, 3.63) is 41.2 Å². The van der Waals surface area contributed by atoms with Crippen LogP contribution in [0.25, 0.3) is 0 Å². The molecular formula is C13H11FO4. The van der Waals surface area contributed by atoms with Crippen LogP contribution in [0.1, 0.15) is 22.3 Å². The highest BCUT2D eigenvalue weighted by Gasteiger charge is 2.25. The number of Topliss-reactive ketones (excluding diaryl/α,β-unsaturated/α-hetero) is 1. The SMILES string of the molecule is C=C(COc1ccc2c(c1F)CCC2=O)C(=O)O. The van der Waals surface area contributed by atoms with Crippen LogP contribution in [0.4, 0.5) is 4.39 Å². The van der Waals surface area contributed by atoms with Crippen LogP contribution in [-0.4, -0.2) is 23.5 Å². The molecule has 0 saturated heterocycles. The molecule has 0 fully saturated rings. The molecule has 0 unspecified atom stereocenters. The Hall–Kier alpha value is -2.17. The molecule has 1 aromatic carbocycles. The number of hydrogen-bond acceptors (Lipinski definition) is 3. The predicted molar refractivity (Wildman–Crippen MR) is 61.3 cm³/mol. The number of ether oxygens (including phenoxy) is 1. The monoisotopic (exact) mass is 250 g/mol. The molecule has 0 aromatic heterocycles. The van der Waals surface area contributed by atoms with E-state index < -0.39 is 11.8 Å². The normalized spacial score (nSPS) is 13.3. The number of carbonyl (C=O) groups excluding carboxylic acids is 1. The molecule has 94 valence electrons. The zero-order valence-electron chi connectivity index (χ0n) is 9.53. The van der Waals surface area contributed by atoms with E-state index in [1.165, 1.54) is 12.1 Å². The summed E-state index contributed by atoms with van der Waals surface area (Å²) >= 11 is 0. The lowest BCUT2D eigenvalue weighted by Gasteiger charge is -2.09. The van der Waals surface area contributed by atoms with E-state index >= 15 is 0 Å². The molecule has 0 atom stereocenters. The maximum Gasteiger partial charge on any atom is 0.334 e. The first kappa shape index (κ1) is 12.3. The van der Waals surface area contributed by atoms with Crippen molar-refractivity contribution < 1.29 is 23.8 Å². The second-order valence-electron chi connectivity index (χ2n) is 4.02. The molecule has 1 aromatic rings. The van der Waals surface area contributed by atoms with Gasteiger partial charge in [-0.15, -0.1) is 0 Å². The van der Waals surface area contributed by atoms with Crippen LogP contribution >= 0.6 is 0 Å². The van der Waals surface area contributed by atoms with Crippen LogP contribution in [0.15, 0.2) is 24.3 Å². The number of hydrogen-bond donors (Lipinski definition) is 1. The molecular weight excluding hydrogens is 239 g/mol. The van der Waals surface area contributed by atoms with Crippen molar-refractivity contribution in [1.29, 1.82) is 0 Å². The molecule has 0 amide bonds. The zero-order chi connectivity index (χ0) is 13.3. The lowest BCUT2D eigenvalue weighted by atomic mass is 10.1. The first-order chi connectivity index (χ1) is 8.50. The Morgan fingerprint density at radius 3 is 2.83 bits per heavy atom. The summed E-state index contributed by atoms with van der Waals surface area (Å²) in [7, 11) is 0. The summed E-state index contributed by atoms with van der Waals surface area (Å²) in [5, 5.41) is 8.60. The van der Waals surface area contributed by atoms with Crippen molar-refractivity contribution in [2.24, 2.45) is 0 Å². The number of carboxylic acids is 1. The molecule has 4 nitrogen and oxygen atoms in total. The molecule has 0 saturated carbocycles. The zero-order valence-corrected chi connectivity index (χ0v) is 9.53. The van der Waals surface area contributed by atoms with Gasteiger partial charge in [-0.1, -0.05) is 6.58 Å². The minimum absolute atomic E-state index is 0.0501. The molecule has 0 spiro atoms. The Morgan fingerprint density at radius 1 is 1.44 bits per heavy atom. The average molecular weight is 250 g/mol. The first-order valence-electron chi connectivity index (χ1n) is 5.39. The highest BCUT2D eigenvalue weighted by Crippen LogP contribution is 2.30. The van der Waals surface area contributed by atoms with Gasteiger partial charge in [0.2, 0.25) is 0 Å². The molecule has 18 heavy (non-hydrogen) atoms. The number of ketones is 1. The maximum absolute atomic E-state index is 13.9. The van der Waals surface area contributed by atoms with Crippen molar-refractivity contribution in [3.8, 4) is 5.75 Å². The number of aliphatic carboxylic acids is 1. The molecule has 0 heterocycles. The van der Waals surface area contributed by atoms with Crippen LogP contribution in [0, 0.1) is 5.82 Å². The van der Waals surface area contributed by atoms with Gasteiger partial charge in [0.05, 0.1) is 5.57 Å². The minimum atomic E-state index is -1.19. The molecule has 0 radical (unpaired) electrons. The average Bonchev–Trinajstić information content (AvgIpc) is 2.70. The third-order valence-corrected chi connectivity index (χ3v) is 2.81. The summed E-state index contributed by atoms with van der Waals surface area (Å²) in [5.41, 5.74) is 0.571. The fraction of sp³-hybridized carbons (Fsp3) is 0.231. The smallest absolute Gasteiger partial charge is 0.334 e. The van der Waals surface area contributed by atoms with E-state index in [9.17, 15) is 14.0 Å². The molecule has 1 N–H and O–H groups in total. The van der Waals surface area contributed by atoms with Gasteiger partial charge in [-0.3, -0.25) is 4.79 Å². The van der Waals surface area contributed by atoms with Gasteiger partial charge in [-0.25, -0.2) is 9.18 Å². The van der Waals surface area contributed by atoms with Gasteiger partial charge in [-0.05, 0) is 18.6 Å². The second kappa shape index (κ2) is 4.60. The van der Waals surface area contributed by atoms with Crippen LogP contribution < -0.4 is 4.74 Å². The highest BCUT2D eigenvalue weighted by molar-refractivity contribution is 6.00. The number of benzene rings is 1. The predicted octanol–water partition coefficient (Wildman–Crippen LogP) is 1.97. The fourth-order valence-electron chi connectivity index (χ4n) is 1.82. The lowest BCUT2D eigenvalue weighted by Crippen LogP contribution is -2.10. The van der Waals surface area contributed by atoms with Crippen LogP contribution in [-0.2, 0) is 11.2 Å². The Balaban J connectivity index is 2.19. The van der Waals surface area contributed by atoms with Crippen molar-refractivity contribution in [2.45, 2.75) is 12.8 Å². The van der Waals surface area contributed by atoms with Gasteiger partial charge in [0.15, 0.2) is 17.3 Å². The number of carbonyl (C=O) groups is 2. The lowest BCUT2D eigenvalue weighted by molar-refractivity contribution is -0.133. The van der Waals surface area contributed by atoms with Gasteiger partial charge >= 0.3 is 5.97 Å². The van der Waals surface area contributed by atoms with Gasteiger partial charge in [-0.2, -0.15) is 0 Å². The molecule has 0 aliphatic heterocycles. The van der Waals surface area contributed by atoms with E-state index in [2.05, 4.69) is 6.58 Å². The Labute approximate surface area is 103 Å². The van der Waals surface area contributed by atoms with Gasteiger partial charge < -0.3 is 9.84 Å². The highest BCUT2D eigenvalue weighted by atomic mass is 19.1. The molecule has 1 aliphatic rings. The maximum atomic E-state index is 13.9. The summed E-state index contributed by atoms with van der Waals surface area (Å²) in [6.07, 6.45) is 0.661. The van der Waals surface area contributed by atoms with Crippen LogP contribution in [0.3, 0.4) is 0 Å². The Bertz CT molecular complexity index is 548. The largest absolute Gasteiger partial charge is 0.486 e. The van der Waals surface area contributed by atoms with E-state index in [0.29, 0.717) is 24.0 Å². The molecule has 5 heteroatoms. The fourth-order valence-corrected chi connectivity index (χ4v) is 1.82. The third-order valence-electron chi connectivity index (χ3n) is 2.81. The van der Waals surface area contributed by atoms with Gasteiger partial charge in [0, 0.05) is 17.5 Å². The molecule has 2 rings (SSSR count). The number of halogens is 1.